The van der Waals surface area contributed by atoms with Crippen molar-refractivity contribution < 1.29 is 9.53 Å². The van der Waals surface area contributed by atoms with Gasteiger partial charge in [0.15, 0.2) is 6.61 Å². The molecule has 0 spiro atoms. The van der Waals surface area contributed by atoms with Crippen molar-refractivity contribution in [3.63, 3.8) is 0 Å². The zero-order chi connectivity index (χ0) is 14.5. The van der Waals surface area contributed by atoms with Crippen LogP contribution in [0.25, 0.3) is 6.08 Å². The van der Waals surface area contributed by atoms with Gasteiger partial charge in [0.05, 0.1) is 5.69 Å². The van der Waals surface area contributed by atoms with Crippen molar-refractivity contribution in [2.24, 2.45) is 5.10 Å². The monoisotopic (exact) mass is 278 g/mol. The molecule has 1 heterocycles. The van der Waals surface area contributed by atoms with Crippen LogP contribution in [0.1, 0.15) is 5.56 Å². The van der Waals surface area contributed by atoms with E-state index in [2.05, 4.69) is 5.10 Å². The summed E-state index contributed by atoms with van der Waals surface area (Å²) in [5.41, 5.74) is 1.78. The fraction of sp³-hybridized carbons (Fsp3) is 0.0588. The predicted octanol–water partition coefficient (Wildman–Crippen LogP) is 3.08. The van der Waals surface area contributed by atoms with Gasteiger partial charge in [0.2, 0.25) is 5.90 Å². The second kappa shape index (κ2) is 6.05. The highest BCUT2D eigenvalue weighted by atomic mass is 16.5. The van der Waals surface area contributed by atoms with E-state index in [0.29, 0.717) is 5.90 Å². The van der Waals surface area contributed by atoms with Gasteiger partial charge in [0.1, 0.15) is 0 Å². The lowest BCUT2D eigenvalue weighted by Gasteiger charge is -2.22. The van der Waals surface area contributed by atoms with Crippen LogP contribution < -0.4 is 5.01 Å². The van der Waals surface area contributed by atoms with Crippen molar-refractivity contribution in [2.75, 3.05) is 11.6 Å². The van der Waals surface area contributed by atoms with Crippen LogP contribution in [0.3, 0.4) is 0 Å². The van der Waals surface area contributed by atoms with Gasteiger partial charge in [-0.1, -0.05) is 48.5 Å². The number of anilines is 1. The van der Waals surface area contributed by atoms with Crippen molar-refractivity contribution >= 4 is 23.6 Å². The minimum atomic E-state index is -0.182. The summed E-state index contributed by atoms with van der Waals surface area (Å²) < 4.78 is 5.34. The van der Waals surface area contributed by atoms with Gasteiger partial charge in [0, 0.05) is 6.08 Å². The number of amides is 1. The van der Waals surface area contributed by atoms with E-state index in [0.717, 1.165) is 11.3 Å². The molecule has 21 heavy (non-hydrogen) atoms. The highest BCUT2D eigenvalue weighted by molar-refractivity contribution is 6.03. The van der Waals surface area contributed by atoms with Crippen LogP contribution in [-0.2, 0) is 9.53 Å². The quantitative estimate of drug-likeness (QED) is 0.865. The molecule has 0 N–H and O–H groups in total. The molecule has 0 radical (unpaired) electrons. The molecule has 0 saturated heterocycles. The molecule has 1 aliphatic heterocycles. The third-order valence-corrected chi connectivity index (χ3v) is 3.00. The summed E-state index contributed by atoms with van der Waals surface area (Å²) in [5.74, 6) is 0.236. The lowest BCUT2D eigenvalue weighted by molar-refractivity contribution is -0.121. The Morgan fingerprint density at radius 3 is 2.33 bits per heavy atom. The van der Waals surface area contributed by atoms with Crippen LogP contribution in [0.4, 0.5) is 5.69 Å². The summed E-state index contributed by atoms with van der Waals surface area (Å²) in [4.78, 5) is 11.9. The van der Waals surface area contributed by atoms with Gasteiger partial charge < -0.3 is 4.74 Å². The molecule has 0 aromatic heterocycles. The number of nitrogens with zero attached hydrogens (tertiary/aromatic N) is 2. The molecular weight excluding hydrogens is 264 g/mol. The Hall–Kier alpha value is -2.88. The maximum absolute atomic E-state index is 11.9. The molecule has 0 bridgehead atoms. The van der Waals surface area contributed by atoms with E-state index in [1.165, 1.54) is 5.01 Å². The Kier molecular flexibility index (Phi) is 3.78. The number of carbonyl (C=O) groups excluding carboxylic acids is 1. The number of benzene rings is 2. The van der Waals surface area contributed by atoms with E-state index < -0.39 is 0 Å². The summed E-state index contributed by atoms with van der Waals surface area (Å²) in [6, 6.07) is 19.2. The van der Waals surface area contributed by atoms with Gasteiger partial charge in [-0.25, -0.2) is 0 Å². The predicted molar refractivity (Wildman–Crippen MR) is 82.8 cm³/mol. The Balaban J connectivity index is 1.83. The molecule has 0 atom stereocenters. The summed E-state index contributed by atoms with van der Waals surface area (Å²) in [7, 11) is 0. The van der Waals surface area contributed by atoms with E-state index in [9.17, 15) is 4.79 Å². The third kappa shape index (κ3) is 3.17. The largest absolute Gasteiger partial charge is 0.466 e. The van der Waals surface area contributed by atoms with E-state index in [1.54, 1.807) is 6.08 Å². The fourth-order valence-corrected chi connectivity index (χ4v) is 1.96. The fourth-order valence-electron chi connectivity index (χ4n) is 1.96. The number of hydrogen-bond acceptors (Lipinski definition) is 3. The van der Waals surface area contributed by atoms with E-state index >= 15 is 0 Å². The van der Waals surface area contributed by atoms with Crippen molar-refractivity contribution in [1.29, 1.82) is 0 Å². The van der Waals surface area contributed by atoms with Crippen LogP contribution in [0.2, 0.25) is 0 Å². The molecule has 4 heteroatoms. The molecule has 2 aromatic carbocycles. The van der Waals surface area contributed by atoms with Gasteiger partial charge in [-0.3, -0.25) is 4.79 Å². The number of para-hydroxylation sites is 1. The molecule has 0 fully saturated rings. The lowest BCUT2D eigenvalue weighted by Crippen LogP contribution is -2.35. The van der Waals surface area contributed by atoms with Gasteiger partial charge in [0.25, 0.3) is 5.91 Å². The second-order valence-electron chi connectivity index (χ2n) is 4.51. The number of carbonyl (C=O) groups is 1. The average Bonchev–Trinajstić information content (AvgIpc) is 2.56. The highest BCUT2D eigenvalue weighted by Crippen LogP contribution is 2.17. The van der Waals surface area contributed by atoms with Gasteiger partial charge in [-0.15, -0.1) is 5.10 Å². The van der Waals surface area contributed by atoms with E-state index in [1.807, 2.05) is 66.7 Å². The topological polar surface area (TPSA) is 41.9 Å². The Morgan fingerprint density at radius 1 is 0.952 bits per heavy atom. The van der Waals surface area contributed by atoms with Crippen molar-refractivity contribution in [3.8, 4) is 0 Å². The first kappa shape index (κ1) is 13.1. The van der Waals surface area contributed by atoms with Gasteiger partial charge in [-0.05, 0) is 23.8 Å². The number of rotatable bonds is 3. The summed E-state index contributed by atoms with van der Waals surface area (Å²) in [6.07, 6.45) is 3.66. The van der Waals surface area contributed by atoms with Gasteiger partial charge >= 0.3 is 0 Å². The molecule has 0 saturated carbocycles. The van der Waals surface area contributed by atoms with Crippen LogP contribution in [-0.4, -0.2) is 18.4 Å². The SMILES string of the molecule is O=C1COC(C=Cc2ccccc2)=NN1c1ccccc1. The first-order valence-corrected chi connectivity index (χ1v) is 6.65. The minimum absolute atomic E-state index is 0.00709. The van der Waals surface area contributed by atoms with Crippen LogP contribution in [0.15, 0.2) is 71.8 Å². The Morgan fingerprint density at radius 2 is 1.62 bits per heavy atom. The maximum Gasteiger partial charge on any atom is 0.285 e. The van der Waals surface area contributed by atoms with Crippen LogP contribution in [0.5, 0.6) is 0 Å². The molecule has 0 aliphatic carbocycles. The van der Waals surface area contributed by atoms with Gasteiger partial charge in [-0.2, -0.15) is 5.01 Å². The number of hydrazone groups is 1. The third-order valence-electron chi connectivity index (χ3n) is 3.00. The normalized spacial score (nSPS) is 15.0. The highest BCUT2D eigenvalue weighted by Gasteiger charge is 2.21. The molecule has 3 rings (SSSR count). The number of hydrogen-bond donors (Lipinski definition) is 0. The molecule has 104 valence electrons. The zero-order valence-corrected chi connectivity index (χ0v) is 11.3. The zero-order valence-electron chi connectivity index (χ0n) is 11.3. The number of ether oxygens (including phenoxy) is 1. The van der Waals surface area contributed by atoms with Crippen molar-refractivity contribution in [2.45, 2.75) is 0 Å². The first-order chi connectivity index (χ1) is 10.3. The molecule has 1 amide bonds. The molecular formula is C17H14N2O2. The average molecular weight is 278 g/mol. The summed E-state index contributed by atoms with van der Waals surface area (Å²) in [5, 5.41) is 5.61. The maximum atomic E-state index is 11.9. The van der Waals surface area contributed by atoms with Crippen LogP contribution in [0, 0.1) is 0 Å². The summed E-state index contributed by atoms with van der Waals surface area (Å²) in [6.45, 7) is -0.00709. The van der Waals surface area contributed by atoms with Crippen molar-refractivity contribution in [1.82, 2.24) is 0 Å². The standard InChI is InChI=1S/C17H14N2O2/c20-17-13-21-16(12-11-14-7-3-1-4-8-14)18-19(17)15-9-5-2-6-10-15/h1-12H,13H2. The van der Waals surface area contributed by atoms with Crippen LogP contribution >= 0.6 is 0 Å². The van der Waals surface area contributed by atoms with E-state index in [-0.39, 0.29) is 12.5 Å². The first-order valence-electron chi connectivity index (χ1n) is 6.65. The minimum Gasteiger partial charge on any atom is -0.466 e. The second-order valence-corrected chi connectivity index (χ2v) is 4.51. The molecule has 1 aliphatic rings. The Labute approximate surface area is 123 Å². The lowest BCUT2D eigenvalue weighted by atomic mass is 10.2. The van der Waals surface area contributed by atoms with E-state index in [4.69, 9.17) is 4.74 Å². The smallest absolute Gasteiger partial charge is 0.285 e. The summed E-state index contributed by atoms with van der Waals surface area (Å²) >= 11 is 0. The molecule has 2 aromatic rings. The Bertz CT molecular complexity index is 678. The van der Waals surface area contributed by atoms with Crippen molar-refractivity contribution in [3.05, 3.63) is 72.3 Å². The molecule has 0 unspecified atom stereocenters. The molecule has 4 nitrogen and oxygen atoms in total.